The van der Waals surface area contributed by atoms with E-state index in [0.717, 1.165) is 0 Å². The fraction of sp³-hybridized carbons (Fsp3) is 0.875. The smallest absolute Gasteiger partial charge is 0.282 e. The quantitative estimate of drug-likeness (QED) is 0.600. The maximum absolute atomic E-state index is 12.8. The third kappa shape index (κ3) is 2.87. The molecule has 0 fully saturated rings. The number of hydrogen-bond acceptors (Lipinski definition) is 1. The second-order valence-electron chi connectivity index (χ2n) is 4.05. The highest BCUT2D eigenvalue weighted by atomic mass is 19.4. The molecule has 0 aliphatic carbocycles. The van der Waals surface area contributed by atoms with Crippen LogP contribution >= 0.6 is 0 Å². The minimum atomic E-state index is -8.18. The number of rotatable bonds is 6. The lowest BCUT2D eigenvalue weighted by molar-refractivity contribution is -0.408. The van der Waals surface area contributed by atoms with Gasteiger partial charge in [0.2, 0.25) is 0 Å². The molecule has 0 aromatic rings. The molecule has 0 atom stereocenters. The number of Topliss-reactive ketones (excluding diaryl/α,β-unsaturated/α-hetero) is 1. The number of hydrogen-bond donors (Lipinski definition) is 0. The minimum absolute atomic E-state index is 4.98. The Bertz CT molecular complexity index is 486. The third-order valence-electron chi connectivity index (χ3n) is 2.42. The molecule has 0 aliphatic heterocycles. The van der Waals surface area contributed by atoms with E-state index in [1.807, 2.05) is 0 Å². The topological polar surface area (TPSA) is 17.1 Å². The zero-order valence-corrected chi connectivity index (χ0v) is 10.2. The second-order valence-corrected chi connectivity index (χ2v) is 4.05. The van der Waals surface area contributed by atoms with Crippen LogP contribution in [0.4, 0.5) is 65.9 Å². The zero-order chi connectivity index (χ0) is 20.2. The van der Waals surface area contributed by atoms with Gasteiger partial charge in [-0.15, -0.1) is 0 Å². The van der Waals surface area contributed by atoms with Crippen molar-refractivity contribution in [1.29, 1.82) is 0 Å². The lowest BCUT2D eigenvalue weighted by Crippen LogP contribution is -2.70. The molecule has 144 valence electrons. The number of carbonyl (C=O) groups is 1. The summed E-state index contributed by atoms with van der Waals surface area (Å²) in [7, 11) is 0. The van der Waals surface area contributed by atoms with Crippen molar-refractivity contribution in [2.45, 2.75) is 42.2 Å². The van der Waals surface area contributed by atoms with E-state index in [4.69, 9.17) is 0 Å². The van der Waals surface area contributed by atoms with Gasteiger partial charge < -0.3 is 0 Å². The first kappa shape index (κ1) is 22.6. The van der Waals surface area contributed by atoms with E-state index in [1.54, 1.807) is 0 Å². The molecule has 0 radical (unpaired) electrons. The average molecular weight is 398 g/mol. The van der Waals surface area contributed by atoms with Gasteiger partial charge in [-0.05, 0) is 0 Å². The van der Waals surface area contributed by atoms with Crippen LogP contribution in [0.25, 0.3) is 0 Å². The van der Waals surface area contributed by atoms with Gasteiger partial charge in [-0.2, -0.15) is 57.1 Å². The van der Waals surface area contributed by atoms with Crippen LogP contribution in [0, 0.1) is 0 Å². The summed E-state index contributed by atoms with van der Waals surface area (Å²) in [6.07, 6.45) is -12.8. The monoisotopic (exact) mass is 398 g/mol. The highest BCUT2D eigenvalue weighted by Gasteiger charge is 2.90. The van der Waals surface area contributed by atoms with E-state index < -0.39 is 48.0 Å². The predicted molar refractivity (Wildman–Crippen MR) is 41.8 cm³/mol. The molecule has 0 aromatic carbocycles. The normalized spacial score (nSPS) is 15.8. The van der Waals surface area contributed by atoms with Crippen LogP contribution in [0.3, 0.4) is 0 Å². The Morgan fingerprint density at radius 3 is 1.17 bits per heavy atom. The summed E-state index contributed by atoms with van der Waals surface area (Å²) in [5.74, 6) is -44.2. The molecule has 0 heterocycles. The van der Waals surface area contributed by atoms with Crippen LogP contribution in [0.5, 0.6) is 0 Å². The molecule has 0 saturated carbocycles. The molecule has 0 bridgehead atoms. The maximum atomic E-state index is 12.8. The van der Waals surface area contributed by atoms with Gasteiger partial charge in [0.25, 0.3) is 0 Å². The molecular weight excluding hydrogens is 397 g/mol. The number of alkyl halides is 15. The van der Waals surface area contributed by atoms with Crippen molar-refractivity contribution in [3.8, 4) is 0 Å². The molecule has 0 rings (SSSR count). The third-order valence-corrected chi connectivity index (χ3v) is 2.42. The standard InChI is InChI=1S/C8HF15O/c9-2(10)4(13,14)7(20,21)8(22,23)6(18,19)3(11,12)1(24)5(15,16)17/h2H. The van der Waals surface area contributed by atoms with Gasteiger partial charge in [-0.1, -0.05) is 0 Å². The van der Waals surface area contributed by atoms with Crippen LogP contribution < -0.4 is 0 Å². The van der Waals surface area contributed by atoms with Crippen molar-refractivity contribution < 1.29 is 70.7 Å². The molecule has 0 N–H and O–H groups in total. The Morgan fingerprint density at radius 1 is 0.583 bits per heavy atom. The van der Waals surface area contributed by atoms with E-state index in [2.05, 4.69) is 0 Å². The summed E-state index contributed by atoms with van der Waals surface area (Å²) >= 11 is 0. The summed E-state index contributed by atoms with van der Waals surface area (Å²) in [4.78, 5) is 10.0. The van der Waals surface area contributed by atoms with Crippen LogP contribution in [0.2, 0.25) is 0 Å². The Balaban J connectivity index is 6.33. The van der Waals surface area contributed by atoms with Gasteiger partial charge in [-0.3, -0.25) is 4.79 Å². The summed E-state index contributed by atoms with van der Waals surface area (Å²) in [5, 5.41) is 0. The van der Waals surface area contributed by atoms with E-state index in [0.29, 0.717) is 0 Å². The zero-order valence-electron chi connectivity index (χ0n) is 10.2. The first-order chi connectivity index (χ1) is 10.1. The molecule has 0 saturated heterocycles. The Kier molecular flexibility index (Phi) is 5.25. The lowest BCUT2D eigenvalue weighted by Gasteiger charge is -2.38. The van der Waals surface area contributed by atoms with Crippen molar-refractivity contribution in [2.24, 2.45) is 0 Å². The highest BCUT2D eigenvalue weighted by molar-refractivity contribution is 5.91. The molecular formula is C8HF15O. The number of ketones is 1. The van der Waals surface area contributed by atoms with Gasteiger partial charge >= 0.3 is 48.0 Å². The van der Waals surface area contributed by atoms with Gasteiger partial charge in [0, 0.05) is 0 Å². The molecule has 16 heteroatoms. The van der Waals surface area contributed by atoms with Crippen molar-refractivity contribution in [3.05, 3.63) is 0 Å². The number of halogens is 15. The fourth-order valence-electron chi connectivity index (χ4n) is 1.06. The van der Waals surface area contributed by atoms with Gasteiger partial charge in [-0.25, -0.2) is 8.78 Å². The summed E-state index contributed by atoms with van der Waals surface area (Å²) in [5.41, 5.74) is 0. The van der Waals surface area contributed by atoms with E-state index in [1.165, 1.54) is 0 Å². The number of carbonyl (C=O) groups excluding carboxylic acids is 1. The summed E-state index contributed by atoms with van der Waals surface area (Å²) in [6, 6.07) is 0. The summed E-state index contributed by atoms with van der Waals surface area (Å²) < 4.78 is 184. The Morgan fingerprint density at radius 2 is 0.917 bits per heavy atom. The molecule has 0 spiro atoms. The van der Waals surface area contributed by atoms with E-state index >= 15 is 0 Å². The van der Waals surface area contributed by atoms with Gasteiger partial charge in [0.15, 0.2) is 0 Å². The molecule has 1 nitrogen and oxygen atoms in total. The Hall–Kier alpha value is -1.38. The maximum Gasteiger partial charge on any atom is 0.456 e. The van der Waals surface area contributed by atoms with Crippen molar-refractivity contribution >= 4 is 5.78 Å². The first-order valence-corrected chi connectivity index (χ1v) is 4.89. The van der Waals surface area contributed by atoms with Crippen LogP contribution in [-0.4, -0.2) is 48.0 Å². The van der Waals surface area contributed by atoms with Crippen molar-refractivity contribution in [2.75, 3.05) is 0 Å². The van der Waals surface area contributed by atoms with Crippen LogP contribution in [0.15, 0.2) is 0 Å². The second kappa shape index (κ2) is 5.57. The van der Waals surface area contributed by atoms with Crippen molar-refractivity contribution in [1.82, 2.24) is 0 Å². The predicted octanol–water partition coefficient (Wildman–Crippen LogP) is 4.56. The SMILES string of the molecule is O=C(C(F)(F)F)C(F)(F)C(F)(F)C(F)(F)C(F)(F)C(F)(F)C(F)F. The molecule has 0 amide bonds. The lowest BCUT2D eigenvalue weighted by atomic mass is 9.92. The fourth-order valence-corrected chi connectivity index (χ4v) is 1.06. The van der Waals surface area contributed by atoms with E-state index in [-0.39, 0.29) is 0 Å². The summed E-state index contributed by atoms with van der Waals surface area (Å²) in [6.45, 7) is 0. The Labute approximate surface area is 120 Å². The largest absolute Gasteiger partial charge is 0.456 e. The van der Waals surface area contributed by atoms with Crippen LogP contribution in [0.1, 0.15) is 0 Å². The molecule has 0 aromatic heterocycles. The van der Waals surface area contributed by atoms with Crippen LogP contribution in [-0.2, 0) is 4.79 Å². The van der Waals surface area contributed by atoms with Crippen molar-refractivity contribution in [3.63, 3.8) is 0 Å². The van der Waals surface area contributed by atoms with Gasteiger partial charge in [0.1, 0.15) is 0 Å². The van der Waals surface area contributed by atoms with E-state index in [9.17, 15) is 70.7 Å². The van der Waals surface area contributed by atoms with Gasteiger partial charge in [0.05, 0.1) is 0 Å². The molecule has 24 heavy (non-hydrogen) atoms. The molecule has 0 aliphatic rings. The first-order valence-electron chi connectivity index (χ1n) is 4.89. The molecule has 0 unspecified atom stereocenters. The average Bonchev–Trinajstić information content (AvgIpc) is 2.35. The minimum Gasteiger partial charge on any atom is -0.282 e. The highest BCUT2D eigenvalue weighted by Crippen LogP contribution is 2.58.